The van der Waals surface area contributed by atoms with Gasteiger partial charge in [-0.15, -0.1) is 11.6 Å². The fourth-order valence-electron chi connectivity index (χ4n) is 1.79. The van der Waals surface area contributed by atoms with E-state index >= 15 is 0 Å². The molecule has 2 rings (SSSR count). The molecule has 0 saturated heterocycles. The predicted molar refractivity (Wildman–Crippen MR) is 71.4 cm³/mol. The van der Waals surface area contributed by atoms with Gasteiger partial charge < -0.3 is 4.57 Å². The van der Waals surface area contributed by atoms with Gasteiger partial charge in [0, 0.05) is 18.9 Å². The summed E-state index contributed by atoms with van der Waals surface area (Å²) in [6.45, 7) is 2.93. The molecule has 0 aliphatic heterocycles. The molecule has 0 spiro atoms. The second kappa shape index (κ2) is 5.87. The number of alkyl halides is 1. The van der Waals surface area contributed by atoms with Crippen LogP contribution in [0, 0.1) is 6.92 Å². The van der Waals surface area contributed by atoms with Crippen molar-refractivity contribution in [3.63, 3.8) is 0 Å². The largest absolute Gasteiger partial charge is 0.336 e. The molecule has 0 radical (unpaired) electrons. The Bertz CT molecular complexity index is 434. The Hall–Kier alpha value is -1.28. The Labute approximate surface area is 107 Å². The lowest BCUT2D eigenvalue weighted by molar-refractivity contribution is 0.617. The molecule has 1 heterocycles. The van der Waals surface area contributed by atoms with Crippen LogP contribution in [0.25, 0.3) is 0 Å². The molecule has 1 aromatic carbocycles. The van der Waals surface area contributed by atoms with Crippen LogP contribution >= 0.6 is 11.6 Å². The van der Waals surface area contributed by atoms with Gasteiger partial charge in [-0.1, -0.05) is 29.8 Å². The molecule has 1 atom stereocenters. The number of nitrogens with zero attached hydrogens (tertiary/aromatic N) is 2. The van der Waals surface area contributed by atoms with Crippen LogP contribution in [0.15, 0.2) is 43.0 Å². The van der Waals surface area contributed by atoms with Gasteiger partial charge in [0.2, 0.25) is 0 Å². The summed E-state index contributed by atoms with van der Waals surface area (Å²) < 4.78 is 2.02. The van der Waals surface area contributed by atoms with Gasteiger partial charge in [-0.2, -0.15) is 0 Å². The summed E-state index contributed by atoms with van der Waals surface area (Å²) in [4.78, 5) is 4.01. The molecule has 0 aliphatic rings. The van der Waals surface area contributed by atoms with Gasteiger partial charge in [0.15, 0.2) is 0 Å². The van der Waals surface area contributed by atoms with Gasteiger partial charge in [0.05, 0.1) is 11.7 Å². The number of aryl methyl sites for hydroxylation is 2. The Morgan fingerprint density at radius 3 is 2.71 bits per heavy atom. The lowest BCUT2D eigenvalue weighted by Crippen LogP contribution is -2.10. The Kier molecular flexibility index (Phi) is 4.21. The van der Waals surface area contributed by atoms with E-state index in [0.29, 0.717) is 0 Å². The molecule has 0 amide bonds. The van der Waals surface area contributed by atoms with E-state index in [4.69, 9.17) is 11.6 Å². The second-order valence-electron chi connectivity index (χ2n) is 4.38. The first-order valence-electron chi connectivity index (χ1n) is 5.89. The summed E-state index contributed by atoms with van der Waals surface area (Å²) in [5.74, 6) is 0. The Morgan fingerprint density at radius 2 is 2.06 bits per heavy atom. The van der Waals surface area contributed by atoms with E-state index in [2.05, 4.69) is 36.2 Å². The highest BCUT2D eigenvalue weighted by Crippen LogP contribution is 2.12. The summed E-state index contributed by atoms with van der Waals surface area (Å²) in [6.07, 6.45) is 7.55. The van der Waals surface area contributed by atoms with Crippen LogP contribution < -0.4 is 0 Å². The topological polar surface area (TPSA) is 17.8 Å². The molecule has 17 heavy (non-hydrogen) atoms. The number of aromatic nitrogens is 2. The van der Waals surface area contributed by atoms with Crippen molar-refractivity contribution < 1.29 is 0 Å². The third-order valence-electron chi connectivity index (χ3n) is 2.83. The lowest BCUT2D eigenvalue weighted by atomic mass is 10.1. The Morgan fingerprint density at radius 1 is 1.29 bits per heavy atom. The van der Waals surface area contributed by atoms with E-state index in [1.807, 2.05) is 10.8 Å². The zero-order valence-corrected chi connectivity index (χ0v) is 10.8. The number of hydrogen-bond donors (Lipinski definition) is 0. The minimum Gasteiger partial charge on any atom is -0.336 e. The van der Waals surface area contributed by atoms with Crippen molar-refractivity contribution in [3.8, 4) is 0 Å². The quantitative estimate of drug-likeness (QED) is 0.742. The summed E-state index contributed by atoms with van der Waals surface area (Å²) in [7, 11) is 0. The smallest absolute Gasteiger partial charge is 0.0946 e. The normalized spacial score (nSPS) is 12.6. The zero-order chi connectivity index (χ0) is 12.1. The van der Waals surface area contributed by atoms with Gasteiger partial charge in [-0.25, -0.2) is 4.98 Å². The molecule has 0 aliphatic carbocycles. The molecular weight excluding hydrogens is 232 g/mol. The first kappa shape index (κ1) is 12.2. The van der Waals surface area contributed by atoms with E-state index in [0.717, 1.165) is 19.4 Å². The molecule has 1 aromatic heterocycles. The van der Waals surface area contributed by atoms with Gasteiger partial charge in [-0.05, 0) is 25.3 Å². The van der Waals surface area contributed by atoms with Crippen molar-refractivity contribution in [2.45, 2.75) is 31.7 Å². The first-order chi connectivity index (χ1) is 8.24. The van der Waals surface area contributed by atoms with Crippen molar-refractivity contribution in [2.24, 2.45) is 0 Å². The van der Waals surface area contributed by atoms with Crippen LogP contribution in [0.4, 0.5) is 0 Å². The van der Waals surface area contributed by atoms with Crippen molar-refractivity contribution in [1.82, 2.24) is 9.55 Å². The minimum atomic E-state index is 0.158. The molecule has 3 heteroatoms. The van der Waals surface area contributed by atoms with Crippen molar-refractivity contribution >= 4 is 11.6 Å². The average Bonchev–Trinajstić information content (AvgIpc) is 2.81. The number of imidazole rings is 1. The first-order valence-corrected chi connectivity index (χ1v) is 6.33. The summed E-state index contributed by atoms with van der Waals surface area (Å²) >= 11 is 6.30. The number of benzene rings is 1. The number of halogens is 1. The van der Waals surface area contributed by atoms with Gasteiger partial charge in [0.1, 0.15) is 0 Å². The van der Waals surface area contributed by atoms with Crippen LogP contribution in [0.2, 0.25) is 0 Å². The summed E-state index contributed by atoms with van der Waals surface area (Å²) in [5, 5.41) is 0.158. The van der Waals surface area contributed by atoms with E-state index in [-0.39, 0.29) is 5.38 Å². The third kappa shape index (κ3) is 3.90. The molecule has 0 N–H and O–H groups in total. The average molecular weight is 249 g/mol. The van der Waals surface area contributed by atoms with Crippen LogP contribution in [0.5, 0.6) is 0 Å². The highest BCUT2D eigenvalue weighted by atomic mass is 35.5. The monoisotopic (exact) mass is 248 g/mol. The van der Waals surface area contributed by atoms with E-state index in [9.17, 15) is 0 Å². The Balaban J connectivity index is 1.79. The maximum absolute atomic E-state index is 6.30. The number of rotatable bonds is 5. The SMILES string of the molecule is Cc1ccc(CCC(Cl)Cn2ccnc2)cc1. The van der Waals surface area contributed by atoms with Crippen molar-refractivity contribution in [1.29, 1.82) is 0 Å². The summed E-state index contributed by atoms with van der Waals surface area (Å²) in [6, 6.07) is 8.65. The van der Waals surface area contributed by atoms with Gasteiger partial charge >= 0.3 is 0 Å². The predicted octanol–water partition coefficient (Wildman–Crippen LogP) is 3.43. The fraction of sp³-hybridized carbons (Fsp3) is 0.357. The molecule has 2 nitrogen and oxygen atoms in total. The molecule has 1 unspecified atom stereocenters. The van der Waals surface area contributed by atoms with E-state index in [1.54, 1.807) is 12.5 Å². The van der Waals surface area contributed by atoms with Crippen molar-refractivity contribution in [3.05, 3.63) is 54.1 Å². The minimum absolute atomic E-state index is 0.158. The van der Waals surface area contributed by atoms with E-state index in [1.165, 1.54) is 11.1 Å². The van der Waals surface area contributed by atoms with Gasteiger partial charge in [0.25, 0.3) is 0 Å². The highest BCUT2D eigenvalue weighted by molar-refractivity contribution is 6.20. The molecule has 0 fully saturated rings. The van der Waals surface area contributed by atoms with Crippen LogP contribution in [-0.4, -0.2) is 14.9 Å². The van der Waals surface area contributed by atoms with Gasteiger partial charge in [-0.3, -0.25) is 0 Å². The maximum Gasteiger partial charge on any atom is 0.0946 e. The lowest BCUT2D eigenvalue weighted by Gasteiger charge is -2.10. The molecule has 0 bridgehead atoms. The molecule has 0 saturated carbocycles. The third-order valence-corrected chi connectivity index (χ3v) is 3.19. The molecule has 2 aromatic rings. The standard InChI is InChI=1S/C14H17ClN2/c1-12-2-4-13(5-3-12)6-7-14(15)10-17-9-8-16-11-17/h2-5,8-9,11,14H,6-7,10H2,1H3. The van der Waals surface area contributed by atoms with Crippen LogP contribution in [0.1, 0.15) is 17.5 Å². The summed E-state index contributed by atoms with van der Waals surface area (Å²) in [5.41, 5.74) is 2.65. The zero-order valence-electron chi connectivity index (χ0n) is 10.0. The number of hydrogen-bond acceptors (Lipinski definition) is 1. The molecular formula is C14H17ClN2. The second-order valence-corrected chi connectivity index (χ2v) is 5.00. The van der Waals surface area contributed by atoms with Crippen molar-refractivity contribution in [2.75, 3.05) is 0 Å². The highest BCUT2D eigenvalue weighted by Gasteiger charge is 2.05. The maximum atomic E-state index is 6.30. The molecule has 90 valence electrons. The van der Waals surface area contributed by atoms with Crippen LogP contribution in [0.3, 0.4) is 0 Å². The van der Waals surface area contributed by atoms with E-state index < -0.39 is 0 Å². The van der Waals surface area contributed by atoms with Crippen LogP contribution in [-0.2, 0) is 13.0 Å². The fourth-order valence-corrected chi connectivity index (χ4v) is 2.06.